The van der Waals surface area contributed by atoms with Crippen LogP contribution in [0, 0.1) is 0 Å². The summed E-state index contributed by atoms with van der Waals surface area (Å²) in [4.78, 5) is 23.9. The molecule has 1 amide bonds. The predicted molar refractivity (Wildman–Crippen MR) is 74.2 cm³/mol. The van der Waals surface area contributed by atoms with Crippen LogP contribution in [0.3, 0.4) is 0 Å². The van der Waals surface area contributed by atoms with E-state index in [0.29, 0.717) is 32.1 Å². The summed E-state index contributed by atoms with van der Waals surface area (Å²) in [6.45, 7) is 1.68. The number of carbonyl (C=O) groups excluding carboxylic acids is 1. The van der Waals surface area contributed by atoms with E-state index < -0.39 is 11.5 Å². The van der Waals surface area contributed by atoms with Gasteiger partial charge in [0.05, 0.1) is 6.61 Å². The van der Waals surface area contributed by atoms with Gasteiger partial charge < -0.3 is 24.5 Å². The Bertz CT molecular complexity index is 505. The van der Waals surface area contributed by atoms with Gasteiger partial charge >= 0.3 is 5.97 Å². The summed E-state index contributed by atoms with van der Waals surface area (Å²) in [5, 5.41) is 12.1. The lowest BCUT2D eigenvalue weighted by Crippen LogP contribution is -2.57. The number of rotatable bonds is 6. The summed E-state index contributed by atoms with van der Waals surface area (Å²) in [6, 6.07) is 3.42. The molecule has 0 radical (unpaired) electrons. The summed E-state index contributed by atoms with van der Waals surface area (Å²) < 4.78 is 11.9. The van der Waals surface area contributed by atoms with Gasteiger partial charge in [0.2, 0.25) is 0 Å². The van der Waals surface area contributed by atoms with Crippen LogP contribution >= 0.6 is 0 Å². The van der Waals surface area contributed by atoms with E-state index in [9.17, 15) is 14.7 Å². The van der Waals surface area contributed by atoms with Crippen LogP contribution in [0.15, 0.2) is 18.3 Å². The van der Waals surface area contributed by atoms with Crippen LogP contribution in [-0.2, 0) is 20.8 Å². The van der Waals surface area contributed by atoms with E-state index in [1.807, 2.05) is 0 Å². The first-order chi connectivity index (χ1) is 10.1. The molecule has 2 rings (SSSR count). The number of ether oxygens (including phenoxy) is 2. The molecule has 0 aromatic carbocycles. The van der Waals surface area contributed by atoms with Crippen molar-refractivity contribution in [1.29, 1.82) is 0 Å². The molecule has 1 saturated heterocycles. The van der Waals surface area contributed by atoms with Gasteiger partial charge in [-0.15, -0.1) is 0 Å². The van der Waals surface area contributed by atoms with Crippen molar-refractivity contribution in [3.05, 3.63) is 24.0 Å². The second kappa shape index (κ2) is 6.73. The largest absolute Gasteiger partial charge is 0.480 e. The third-order valence-electron chi connectivity index (χ3n) is 3.71. The average Bonchev–Trinajstić information content (AvgIpc) is 2.94. The van der Waals surface area contributed by atoms with Crippen LogP contribution in [0.25, 0.3) is 0 Å². The molecule has 0 aliphatic carbocycles. The fourth-order valence-corrected chi connectivity index (χ4v) is 2.40. The maximum absolute atomic E-state index is 12.4. The van der Waals surface area contributed by atoms with Crippen molar-refractivity contribution in [2.24, 2.45) is 0 Å². The van der Waals surface area contributed by atoms with Gasteiger partial charge in [-0.1, -0.05) is 0 Å². The highest BCUT2D eigenvalue weighted by molar-refractivity contribution is 5.96. The molecule has 0 bridgehead atoms. The van der Waals surface area contributed by atoms with Crippen molar-refractivity contribution >= 4 is 11.9 Å². The minimum absolute atomic E-state index is 0.271. The molecule has 7 heteroatoms. The van der Waals surface area contributed by atoms with E-state index in [0.717, 1.165) is 0 Å². The Kier molecular flexibility index (Phi) is 4.98. The first-order valence-electron chi connectivity index (χ1n) is 6.87. The van der Waals surface area contributed by atoms with E-state index in [1.165, 1.54) is 0 Å². The van der Waals surface area contributed by atoms with E-state index >= 15 is 0 Å². The zero-order chi connectivity index (χ0) is 15.3. The summed E-state index contributed by atoms with van der Waals surface area (Å²) in [5.74, 6) is -1.41. The third kappa shape index (κ3) is 3.43. The highest BCUT2D eigenvalue weighted by Crippen LogP contribution is 2.22. The Hall–Kier alpha value is -1.86. The maximum Gasteiger partial charge on any atom is 0.329 e. The lowest BCUT2D eigenvalue weighted by atomic mass is 9.90. The minimum Gasteiger partial charge on any atom is -0.480 e. The van der Waals surface area contributed by atoms with E-state index in [4.69, 9.17) is 9.47 Å². The van der Waals surface area contributed by atoms with Gasteiger partial charge in [-0.25, -0.2) is 4.79 Å². The molecule has 2 heterocycles. The maximum atomic E-state index is 12.4. The number of carboxylic acids is 1. The molecule has 116 valence electrons. The van der Waals surface area contributed by atoms with Crippen LogP contribution in [0.1, 0.15) is 23.3 Å². The molecule has 1 aliphatic heterocycles. The molecular weight excluding hydrogens is 276 g/mol. The van der Waals surface area contributed by atoms with Crippen molar-refractivity contribution < 1.29 is 24.2 Å². The normalized spacial score (nSPS) is 17.4. The van der Waals surface area contributed by atoms with Gasteiger partial charge in [-0.05, 0) is 12.1 Å². The first-order valence-corrected chi connectivity index (χ1v) is 6.87. The Morgan fingerprint density at radius 3 is 2.81 bits per heavy atom. The second-order valence-electron chi connectivity index (χ2n) is 5.03. The number of carboxylic acid groups (broad SMARTS) is 1. The molecule has 0 saturated carbocycles. The first kappa shape index (κ1) is 15.5. The number of hydrogen-bond donors (Lipinski definition) is 2. The standard InChI is InChI=1S/C14H20N2O5/c1-20-10-7-16-6-2-3-11(16)12(17)15-14(13(18)19)4-8-21-9-5-14/h2-3,6H,4-5,7-10H2,1H3,(H,15,17)(H,18,19). The quantitative estimate of drug-likeness (QED) is 0.798. The fraction of sp³-hybridized carbons (Fsp3) is 0.571. The van der Waals surface area contributed by atoms with Crippen LogP contribution in [0.4, 0.5) is 0 Å². The Balaban J connectivity index is 2.12. The van der Waals surface area contributed by atoms with Crippen LogP contribution in [0.2, 0.25) is 0 Å². The van der Waals surface area contributed by atoms with Gasteiger partial charge in [0.15, 0.2) is 0 Å². The number of methoxy groups -OCH3 is 1. The molecule has 7 nitrogen and oxygen atoms in total. The molecule has 1 fully saturated rings. The highest BCUT2D eigenvalue weighted by atomic mass is 16.5. The zero-order valence-electron chi connectivity index (χ0n) is 12.0. The van der Waals surface area contributed by atoms with Crippen molar-refractivity contribution in [2.45, 2.75) is 24.9 Å². The lowest BCUT2D eigenvalue weighted by Gasteiger charge is -2.33. The summed E-state index contributed by atoms with van der Waals surface area (Å²) in [7, 11) is 1.59. The number of aromatic nitrogens is 1. The van der Waals surface area contributed by atoms with E-state index in [-0.39, 0.29) is 18.7 Å². The molecule has 21 heavy (non-hydrogen) atoms. The van der Waals surface area contributed by atoms with Crippen LogP contribution < -0.4 is 5.32 Å². The Morgan fingerprint density at radius 2 is 2.19 bits per heavy atom. The number of hydrogen-bond acceptors (Lipinski definition) is 4. The summed E-state index contributed by atoms with van der Waals surface area (Å²) in [5.41, 5.74) is -0.815. The van der Waals surface area contributed by atoms with Crippen molar-refractivity contribution in [2.75, 3.05) is 26.9 Å². The summed E-state index contributed by atoms with van der Waals surface area (Å²) in [6.07, 6.45) is 2.31. The molecule has 1 aromatic heterocycles. The molecular formula is C14H20N2O5. The number of aliphatic carboxylic acids is 1. The second-order valence-corrected chi connectivity index (χ2v) is 5.03. The van der Waals surface area contributed by atoms with Gasteiger partial charge in [-0.2, -0.15) is 0 Å². The molecule has 1 aliphatic rings. The number of nitrogens with one attached hydrogen (secondary N) is 1. The molecule has 0 unspecified atom stereocenters. The number of nitrogens with zero attached hydrogens (tertiary/aromatic N) is 1. The van der Waals surface area contributed by atoms with Gasteiger partial charge in [-0.3, -0.25) is 4.79 Å². The lowest BCUT2D eigenvalue weighted by molar-refractivity contribution is -0.148. The van der Waals surface area contributed by atoms with E-state index in [2.05, 4.69) is 5.32 Å². The fourth-order valence-electron chi connectivity index (χ4n) is 2.40. The third-order valence-corrected chi connectivity index (χ3v) is 3.71. The van der Waals surface area contributed by atoms with Crippen LogP contribution in [0.5, 0.6) is 0 Å². The van der Waals surface area contributed by atoms with Crippen molar-refractivity contribution in [3.8, 4) is 0 Å². The van der Waals surface area contributed by atoms with Crippen molar-refractivity contribution in [3.63, 3.8) is 0 Å². The predicted octanol–water partition coefficient (Wildman–Crippen LogP) is 0.498. The molecule has 0 atom stereocenters. The Morgan fingerprint density at radius 1 is 1.48 bits per heavy atom. The van der Waals surface area contributed by atoms with Crippen molar-refractivity contribution in [1.82, 2.24) is 9.88 Å². The van der Waals surface area contributed by atoms with Gasteiger partial charge in [0.1, 0.15) is 11.2 Å². The SMILES string of the molecule is COCCn1cccc1C(=O)NC1(C(=O)O)CCOCC1. The van der Waals surface area contributed by atoms with Gasteiger partial charge in [0, 0.05) is 45.9 Å². The van der Waals surface area contributed by atoms with Crippen LogP contribution in [-0.4, -0.2) is 54.0 Å². The molecule has 2 N–H and O–H groups in total. The molecule has 1 aromatic rings. The smallest absolute Gasteiger partial charge is 0.329 e. The average molecular weight is 296 g/mol. The monoisotopic (exact) mass is 296 g/mol. The minimum atomic E-state index is -1.24. The highest BCUT2D eigenvalue weighted by Gasteiger charge is 2.42. The summed E-state index contributed by atoms with van der Waals surface area (Å²) >= 11 is 0. The van der Waals surface area contributed by atoms with E-state index in [1.54, 1.807) is 30.0 Å². The zero-order valence-corrected chi connectivity index (χ0v) is 12.0. The Labute approximate surface area is 122 Å². The topological polar surface area (TPSA) is 89.8 Å². The van der Waals surface area contributed by atoms with Gasteiger partial charge in [0.25, 0.3) is 5.91 Å². The number of carbonyl (C=O) groups is 2. The number of amides is 1. The molecule has 0 spiro atoms.